The fraction of sp³-hybridized carbons (Fsp3) is 0.458. The maximum absolute atomic E-state index is 13.0. The number of hydrogen-bond acceptors (Lipinski definition) is 8. The minimum atomic E-state index is -4.25. The highest BCUT2D eigenvalue weighted by Gasteiger charge is 2.49. The number of halogens is 3. The van der Waals surface area contributed by atoms with Crippen LogP contribution in [0.15, 0.2) is 30.7 Å². The molecule has 3 aromatic rings. The lowest BCUT2D eigenvalue weighted by Gasteiger charge is -2.40. The van der Waals surface area contributed by atoms with Crippen LogP contribution in [0.1, 0.15) is 16.9 Å². The van der Waals surface area contributed by atoms with Gasteiger partial charge in [-0.1, -0.05) is 18.5 Å². The Labute approximate surface area is 211 Å². The molecule has 5 heterocycles. The molecule has 0 saturated carbocycles. The number of rotatable bonds is 5. The van der Waals surface area contributed by atoms with E-state index in [9.17, 15) is 13.2 Å². The largest absolute Gasteiger partial charge is 0.393 e. The first-order valence-electron chi connectivity index (χ1n) is 11.3. The number of nitrogens with zero attached hydrogens (tertiary/aromatic N) is 5. The molecule has 2 atom stereocenters. The van der Waals surface area contributed by atoms with E-state index in [1.54, 1.807) is 6.07 Å². The summed E-state index contributed by atoms with van der Waals surface area (Å²) in [5, 5.41) is 6.60. The highest BCUT2D eigenvalue weighted by atomic mass is 32.1. The molecule has 0 aromatic carbocycles. The lowest BCUT2D eigenvalue weighted by molar-refractivity contribution is -0.126. The van der Waals surface area contributed by atoms with Crippen LogP contribution in [0.3, 0.4) is 0 Å². The van der Waals surface area contributed by atoms with E-state index in [0.29, 0.717) is 22.6 Å². The molecule has 0 spiro atoms. The molecule has 2 saturated heterocycles. The van der Waals surface area contributed by atoms with Gasteiger partial charge in [0.1, 0.15) is 22.8 Å². The molecule has 1 N–H and O–H groups in total. The first-order valence-corrected chi connectivity index (χ1v) is 12.6. The predicted molar refractivity (Wildman–Crippen MR) is 136 cm³/mol. The molecule has 11 heteroatoms. The molecule has 3 aromatic heterocycles. The van der Waals surface area contributed by atoms with Crippen molar-refractivity contribution in [1.29, 1.82) is 0 Å². The lowest BCUT2D eigenvalue weighted by atomic mass is 9.73. The smallest absolute Gasteiger partial charge is 0.373 e. The molecule has 0 bridgehead atoms. The summed E-state index contributed by atoms with van der Waals surface area (Å²) in [4.78, 5) is 18.5. The Bertz CT molecular complexity index is 1280. The quantitative estimate of drug-likeness (QED) is 0.385. The van der Waals surface area contributed by atoms with Gasteiger partial charge in [0.15, 0.2) is 0 Å². The number of thiophene rings is 1. The van der Waals surface area contributed by atoms with Crippen molar-refractivity contribution in [1.82, 2.24) is 19.9 Å². The van der Waals surface area contributed by atoms with Gasteiger partial charge in [-0.15, -0.1) is 11.3 Å². The van der Waals surface area contributed by atoms with Crippen LogP contribution in [0, 0.1) is 22.5 Å². The van der Waals surface area contributed by atoms with Gasteiger partial charge in [-0.25, -0.2) is 15.0 Å². The second-order valence-electron chi connectivity index (χ2n) is 9.18. The highest BCUT2D eigenvalue weighted by Crippen LogP contribution is 2.45. The number of thiol groups is 1. The number of anilines is 2. The van der Waals surface area contributed by atoms with Crippen LogP contribution in [-0.2, 0) is 13.0 Å². The zero-order valence-electron chi connectivity index (χ0n) is 19.1. The first-order chi connectivity index (χ1) is 16.8. The van der Waals surface area contributed by atoms with Crippen LogP contribution in [-0.4, -0.2) is 59.3 Å². The topological polar surface area (TPSA) is 57.2 Å². The van der Waals surface area contributed by atoms with Gasteiger partial charge in [0.25, 0.3) is 0 Å². The first kappa shape index (κ1) is 24.2. The second-order valence-corrected chi connectivity index (χ2v) is 10.5. The molecular formula is C24H25F3N6S2. The van der Waals surface area contributed by atoms with Gasteiger partial charge in [-0.3, -0.25) is 4.90 Å². The zero-order chi connectivity index (χ0) is 24.6. The maximum atomic E-state index is 13.0. The van der Waals surface area contributed by atoms with E-state index in [-0.39, 0.29) is 16.2 Å². The average Bonchev–Trinajstić information content (AvgIpc) is 3.38. The SMILES string of the molecule is CNc1cc(CN2CC[C@]3(C#CS)CN(c4ncnc5sc(CC(F)(F)F)cc45)C[C@@H]3C2)ccn1. The predicted octanol–water partition coefficient (Wildman–Crippen LogP) is 4.45. The summed E-state index contributed by atoms with van der Waals surface area (Å²) in [5.41, 5.74) is 0.967. The second kappa shape index (κ2) is 9.48. The zero-order valence-corrected chi connectivity index (χ0v) is 20.9. The third-order valence-corrected chi connectivity index (χ3v) is 8.03. The molecule has 2 fully saturated rings. The molecular weight excluding hydrogens is 493 g/mol. The molecule has 5 rings (SSSR count). The molecule has 6 nitrogen and oxygen atoms in total. The number of likely N-dealkylation sites (tertiary alicyclic amines) is 1. The van der Waals surface area contributed by atoms with Crippen molar-refractivity contribution in [2.75, 3.05) is 43.4 Å². The van der Waals surface area contributed by atoms with Crippen molar-refractivity contribution in [2.45, 2.75) is 25.6 Å². The third-order valence-electron chi connectivity index (χ3n) is 6.87. The summed E-state index contributed by atoms with van der Waals surface area (Å²) in [5.74, 6) is 5.18. The standard InChI is InChI=1S/C24H25F3N6S2/c1-28-20-8-16(2-5-29-20)11-32-6-3-23(4-7-34)14-33(13-17(23)12-32)21-19-9-18(10-24(25,26)27)35-22(19)31-15-30-21/h2,5,8-9,15,17,34H,3,6,10-14H2,1H3,(H,28,29)/t17-,23-/m0/s1. The Balaban J connectivity index is 1.39. The Kier molecular flexibility index (Phi) is 6.55. The number of piperidine rings is 1. The van der Waals surface area contributed by atoms with Gasteiger partial charge < -0.3 is 10.2 Å². The van der Waals surface area contributed by atoms with E-state index in [0.717, 1.165) is 49.8 Å². The number of pyridine rings is 1. The Hall–Kier alpha value is -2.55. The summed E-state index contributed by atoms with van der Waals surface area (Å²) in [7, 11) is 1.86. The van der Waals surface area contributed by atoms with Crippen LogP contribution in [0.4, 0.5) is 24.8 Å². The molecule has 35 heavy (non-hydrogen) atoms. The van der Waals surface area contributed by atoms with Crippen molar-refractivity contribution in [3.63, 3.8) is 0 Å². The average molecular weight is 519 g/mol. The number of alkyl halides is 3. The van der Waals surface area contributed by atoms with Crippen LogP contribution >= 0.6 is 24.0 Å². The Morgan fingerprint density at radius 3 is 2.89 bits per heavy atom. The summed E-state index contributed by atoms with van der Waals surface area (Å²) < 4.78 is 38.9. The monoisotopic (exact) mass is 518 g/mol. The molecule has 0 amide bonds. The minimum Gasteiger partial charge on any atom is -0.373 e. The van der Waals surface area contributed by atoms with E-state index >= 15 is 0 Å². The van der Waals surface area contributed by atoms with Crippen molar-refractivity contribution in [2.24, 2.45) is 11.3 Å². The summed E-state index contributed by atoms with van der Waals surface area (Å²) in [6, 6.07) is 5.68. The molecule has 0 radical (unpaired) electrons. The molecule has 184 valence electrons. The molecule has 2 aliphatic heterocycles. The van der Waals surface area contributed by atoms with E-state index < -0.39 is 12.6 Å². The van der Waals surface area contributed by atoms with Crippen LogP contribution in [0.25, 0.3) is 10.2 Å². The number of aromatic nitrogens is 3. The number of hydrogen-bond donors (Lipinski definition) is 2. The normalized spacial score (nSPS) is 22.7. The van der Waals surface area contributed by atoms with E-state index in [4.69, 9.17) is 0 Å². The van der Waals surface area contributed by atoms with E-state index in [2.05, 4.69) is 59.9 Å². The summed E-state index contributed by atoms with van der Waals surface area (Å²) >= 11 is 5.29. The van der Waals surface area contributed by atoms with Gasteiger partial charge in [0.05, 0.1) is 17.2 Å². The van der Waals surface area contributed by atoms with Gasteiger partial charge in [-0.05, 0) is 35.4 Å². The Morgan fingerprint density at radius 1 is 1.26 bits per heavy atom. The fourth-order valence-electron chi connectivity index (χ4n) is 5.27. The Morgan fingerprint density at radius 2 is 2.11 bits per heavy atom. The van der Waals surface area contributed by atoms with Crippen molar-refractivity contribution >= 4 is 45.8 Å². The van der Waals surface area contributed by atoms with Gasteiger partial charge in [-0.2, -0.15) is 13.2 Å². The van der Waals surface area contributed by atoms with Gasteiger partial charge in [0, 0.05) is 56.8 Å². The van der Waals surface area contributed by atoms with Crippen LogP contribution in [0.2, 0.25) is 0 Å². The van der Waals surface area contributed by atoms with Gasteiger partial charge in [0.2, 0.25) is 0 Å². The molecule has 0 aliphatic carbocycles. The maximum Gasteiger partial charge on any atom is 0.393 e. The highest BCUT2D eigenvalue weighted by molar-refractivity contribution is 7.85. The number of fused-ring (bicyclic) bond motifs is 2. The van der Waals surface area contributed by atoms with E-state index in [1.165, 1.54) is 11.9 Å². The minimum absolute atomic E-state index is 0.227. The summed E-state index contributed by atoms with van der Waals surface area (Å²) in [6.07, 6.45) is -1.06. The van der Waals surface area contributed by atoms with Gasteiger partial charge >= 0.3 is 6.18 Å². The van der Waals surface area contributed by atoms with E-state index in [1.807, 2.05) is 19.3 Å². The third kappa shape index (κ3) is 5.06. The van der Waals surface area contributed by atoms with Crippen LogP contribution < -0.4 is 10.2 Å². The van der Waals surface area contributed by atoms with Crippen molar-refractivity contribution < 1.29 is 13.2 Å². The fourth-order valence-corrected chi connectivity index (χ4v) is 6.51. The lowest BCUT2D eigenvalue weighted by Crippen LogP contribution is -2.45. The molecule has 2 aliphatic rings. The number of nitrogens with one attached hydrogen (secondary N) is 1. The molecule has 0 unspecified atom stereocenters. The van der Waals surface area contributed by atoms with Crippen molar-refractivity contribution in [3.05, 3.63) is 41.2 Å². The summed E-state index contributed by atoms with van der Waals surface area (Å²) in [6.45, 7) is 3.99. The van der Waals surface area contributed by atoms with Crippen LogP contribution in [0.5, 0.6) is 0 Å². The van der Waals surface area contributed by atoms with Crippen molar-refractivity contribution in [3.8, 4) is 11.2 Å².